The van der Waals surface area contributed by atoms with Crippen molar-refractivity contribution in [1.82, 2.24) is 38.2 Å². The highest BCUT2D eigenvalue weighted by Gasteiger charge is 2.38. The number of nitrogens with zero attached hydrogens (tertiary/aromatic N) is 12. The molecule has 18 rings (SSSR count). The zero-order chi connectivity index (χ0) is 62.0. The van der Waals surface area contributed by atoms with Gasteiger partial charge in [-0.1, -0.05) is 146 Å². The van der Waals surface area contributed by atoms with Crippen molar-refractivity contribution >= 4 is 98.3 Å². The zero-order valence-electron chi connectivity index (χ0n) is 49.0. The molecule has 12 aromatic carbocycles. The number of hydrogen-bond donors (Lipinski definition) is 0. The van der Waals surface area contributed by atoms with E-state index >= 15 is 0 Å². The Bertz CT molecular complexity index is 6340. The van der Waals surface area contributed by atoms with Crippen LogP contribution in [0.25, 0.3) is 167 Å². The van der Waals surface area contributed by atoms with Gasteiger partial charge in [-0.05, 0) is 109 Å². The van der Waals surface area contributed by atoms with Gasteiger partial charge in [0.2, 0.25) is 5.89 Å². The Labute approximate surface area is 528 Å². The summed E-state index contributed by atoms with van der Waals surface area (Å²) in [4.78, 5) is 22.5. The summed E-state index contributed by atoms with van der Waals surface area (Å²) in [6.45, 7) is 0. The molecule has 0 aliphatic heterocycles. The number of aromatic nitrogens is 8. The maximum atomic E-state index is 10.8. The van der Waals surface area contributed by atoms with Gasteiger partial charge in [0, 0.05) is 54.2 Å². The Kier molecular flexibility index (Phi) is 11.5. The smallest absolute Gasteiger partial charge is 0.230 e. The van der Waals surface area contributed by atoms with E-state index in [0.717, 1.165) is 98.4 Å². The first-order chi connectivity index (χ1) is 46.0. The first-order valence-corrected chi connectivity index (χ1v) is 30.2. The fourth-order valence-corrected chi connectivity index (χ4v) is 14.0. The highest BCUT2D eigenvalue weighted by molar-refractivity contribution is 6.18. The van der Waals surface area contributed by atoms with Gasteiger partial charge in [-0.15, -0.1) is 0 Å². The maximum Gasteiger partial charge on any atom is 0.230 e. The van der Waals surface area contributed by atoms with Crippen molar-refractivity contribution < 1.29 is 4.42 Å². The zero-order valence-corrected chi connectivity index (χ0v) is 49.0. The Hall–Kier alpha value is -13.7. The Morgan fingerprint density at radius 1 is 0.269 bits per heavy atom. The van der Waals surface area contributed by atoms with Crippen molar-refractivity contribution in [2.45, 2.75) is 0 Å². The molecule has 0 aliphatic carbocycles. The van der Waals surface area contributed by atoms with Crippen molar-refractivity contribution in [1.29, 1.82) is 21.0 Å². The molecule has 13 nitrogen and oxygen atoms in total. The second kappa shape index (κ2) is 20.4. The van der Waals surface area contributed by atoms with Crippen molar-refractivity contribution in [2.24, 2.45) is 0 Å². The van der Waals surface area contributed by atoms with Crippen LogP contribution in [0, 0.1) is 45.3 Å². The minimum absolute atomic E-state index is 0.235. The van der Waals surface area contributed by atoms with E-state index in [9.17, 15) is 21.0 Å². The van der Waals surface area contributed by atoms with Gasteiger partial charge in [0.1, 0.15) is 5.52 Å². The van der Waals surface area contributed by atoms with E-state index in [1.807, 2.05) is 206 Å². The first kappa shape index (κ1) is 52.4. The third-order valence-corrected chi connectivity index (χ3v) is 17.9. The lowest BCUT2D eigenvalue weighted by molar-refractivity contribution is 0.619. The highest BCUT2D eigenvalue weighted by Crippen LogP contribution is 2.55. The lowest BCUT2D eigenvalue weighted by Gasteiger charge is -2.30. The summed E-state index contributed by atoms with van der Waals surface area (Å²) >= 11 is 0. The molecule has 0 aliphatic rings. The Morgan fingerprint density at radius 2 is 0.581 bits per heavy atom. The lowest BCUT2D eigenvalue weighted by Crippen LogP contribution is -2.17. The van der Waals surface area contributed by atoms with E-state index in [0.29, 0.717) is 78.9 Å². The van der Waals surface area contributed by atoms with Crippen molar-refractivity contribution in [3.8, 4) is 92.6 Å². The van der Waals surface area contributed by atoms with E-state index in [1.54, 1.807) is 0 Å². The number of oxazole rings is 1. The van der Waals surface area contributed by atoms with Gasteiger partial charge >= 0.3 is 0 Å². The molecule has 0 saturated heterocycles. The molecule has 0 unspecified atom stereocenters. The molecule has 0 spiro atoms. The molecule has 428 valence electrons. The van der Waals surface area contributed by atoms with E-state index < -0.39 is 0 Å². The van der Waals surface area contributed by atoms with Crippen molar-refractivity contribution in [3.63, 3.8) is 0 Å². The van der Waals surface area contributed by atoms with Crippen LogP contribution >= 0.6 is 0 Å². The normalized spacial score (nSPS) is 11.6. The quantitative estimate of drug-likeness (QED) is 0.143. The van der Waals surface area contributed by atoms with Crippen LogP contribution < -0.4 is 0 Å². The van der Waals surface area contributed by atoms with Crippen LogP contribution in [0.15, 0.2) is 259 Å². The van der Waals surface area contributed by atoms with Gasteiger partial charge in [-0.25, -0.2) is 19.9 Å². The molecule has 18 aromatic rings. The van der Waals surface area contributed by atoms with Gasteiger partial charge in [-0.3, -0.25) is 0 Å². The van der Waals surface area contributed by atoms with Gasteiger partial charge in [0.15, 0.2) is 23.1 Å². The number of nitriles is 4. The summed E-state index contributed by atoms with van der Waals surface area (Å²) in [5, 5.41) is 49.8. The topological polar surface area (TPSA) is 180 Å². The summed E-state index contributed by atoms with van der Waals surface area (Å²) in [5.41, 5.74) is 14.3. The van der Waals surface area contributed by atoms with Crippen LogP contribution in [0.4, 0.5) is 0 Å². The second-order valence-corrected chi connectivity index (χ2v) is 23.0. The van der Waals surface area contributed by atoms with Crippen LogP contribution in [0.3, 0.4) is 0 Å². The van der Waals surface area contributed by atoms with Crippen LogP contribution in [0.1, 0.15) is 22.3 Å². The predicted octanol–water partition coefficient (Wildman–Crippen LogP) is 18.6. The van der Waals surface area contributed by atoms with Gasteiger partial charge in [0.05, 0.1) is 125 Å². The molecule has 0 amide bonds. The molecule has 0 N–H and O–H groups in total. The van der Waals surface area contributed by atoms with Gasteiger partial charge in [-0.2, -0.15) is 21.0 Å². The molecule has 6 aromatic heterocycles. The van der Waals surface area contributed by atoms with E-state index in [1.165, 1.54) is 0 Å². The summed E-state index contributed by atoms with van der Waals surface area (Å²) in [7, 11) is 0. The number of para-hydroxylation sites is 6. The first-order valence-electron chi connectivity index (χ1n) is 30.2. The summed E-state index contributed by atoms with van der Waals surface area (Å²) in [6.07, 6.45) is 0. The molecule has 6 heterocycles. The Balaban J connectivity index is 1.23. The third kappa shape index (κ3) is 7.82. The molecule has 13 heteroatoms. The van der Waals surface area contributed by atoms with Crippen LogP contribution in [-0.4, -0.2) is 38.2 Å². The number of hydrogen-bond acceptors (Lipinski definition) is 9. The molecule has 0 atom stereocenters. The summed E-state index contributed by atoms with van der Waals surface area (Å²) in [6, 6.07) is 93.7. The second-order valence-electron chi connectivity index (χ2n) is 23.0. The van der Waals surface area contributed by atoms with Crippen LogP contribution in [0.5, 0.6) is 0 Å². The molecule has 93 heavy (non-hydrogen) atoms. The van der Waals surface area contributed by atoms with Crippen LogP contribution in [-0.2, 0) is 0 Å². The third-order valence-electron chi connectivity index (χ3n) is 17.9. The SMILES string of the molecule is N#Cc1ccc2c(c1)c1ccccc1n2-c1c(-c2nc(-c3ccccc3)nc(-c3ccccc3)n2)c(-c2nc3ccccc3o2)c(-n2c3ccccc3c3cc(C#N)ccc32)c(-n2c3ccccc3c3cc(C#N)ccc32)c1-n1c2ccccc2c2cc(C#N)ccc21. The number of benzene rings is 12. The Morgan fingerprint density at radius 3 is 0.957 bits per heavy atom. The molecule has 0 bridgehead atoms. The van der Waals surface area contributed by atoms with E-state index in [4.69, 9.17) is 24.4 Å². The maximum absolute atomic E-state index is 10.8. The monoisotopic (exact) mass is 1190 g/mol. The standard InChI is InChI=1S/C80H42N12O/c81-43-47-31-35-66-57(39-47)53-21-7-12-26-62(53)89(66)73-71(79-87-77(51-17-3-1-4-18-51)86-78(88-79)52-19-5-2-6-20-52)72(80-85-61-25-11-16-30-70(61)93-80)74(90-63-27-13-8-22-54(63)58-40-48(44-82)32-36-67(58)90)76(92-65-29-15-10-24-56(65)60-42-50(46-84)34-38-69(60)92)75(73)91-64-28-14-9-23-55(64)59-41-49(45-83)33-37-68(59)91/h1-42H. The van der Waals surface area contributed by atoms with E-state index in [2.05, 4.69) is 91.1 Å². The highest BCUT2D eigenvalue weighted by atomic mass is 16.3. The molecule has 0 fully saturated rings. The molecular formula is C80H42N12O. The fraction of sp³-hybridized carbons (Fsp3) is 0. The van der Waals surface area contributed by atoms with Gasteiger partial charge in [0.25, 0.3) is 0 Å². The molecule has 0 saturated carbocycles. The van der Waals surface area contributed by atoms with Gasteiger partial charge < -0.3 is 22.7 Å². The average Bonchev–Trinajstić information content (AvgIpc) is 1.60. The number of rotatable bonds is 8. The largest absolute Gasteiger partial charge is 0.436 e. The van der Waals surface area contributed by atoms with Crippen molar-refractivity contribution in [3.05, 3.63) is 277 Å². The fourth-order valence-electron chi connectivity index (χ4n) is 14.0. The van der Waals surface area contributed by atoms with E-state index in [-0.39, 0.29) is 11.7 Å². The van der Waals surface area contributed by atoms with Crippen molar-refractivity contribution in [2.75, 3.05) is 0 Å². The summed E-state index contributed by atoms with van der Waals surface area (Å²) < 4.78 is 16.6. The minimum Gasteiger partial charge on any atom is -0.436 e. The summed E-state index contributed by atoms with van der Waals surface area (Å²) in [5.74, 6) is 1.31. The van der Waals surface area contributed by atoms with Crippen LogP contribution in [0.2, 0.25) is 0 Å². The minimum atomic E-state index is 0.235. The lowest BCUT2D eigenvalue weighted by atomic mass is 9.95. The number of fused-ring (bicyclic) bond motifs is 13. The predicted molar refractivity (Wildman–Crippen MR) is 365 cm³/mol. The molecule has 0 radical (unpaired) electrons. The molecular weight excluding hydrogens is 1140 g/mol. The average molecular weight is 1190 g/mol.